The molecule has 1 saturated heterocycles. The fourth-order valence-electron chi connectivity index (χ4n) is 3.79. The van der Waals surface area contributed by atoms with E-state index in [1.165, 1.54) is 49.6 Å². The number of alkyl halides is 1. The molecule has 2 aromatic rings. The molecule has 0 saturated carbocycles. The van der Waals surface area contributed by atoms with Gasteiger partial charge in [0.2, 0.25) is 11.6 Å². The highest BCUT2D eigenvalue weighted by Gasteiger charge is 2.47. The summed E-state index contributed by atoms with van der Waals surface area (Å²) in [7, 11) is 1.33. The van der Waals surface area contributed by atoms with Gasteiger partial charge in [0.1, 0.15) is 18.0 Å². The molecule has 4 N–H and O–H groups in total. The van der Waals surface area contributed by atoms with Crippen LogP contribution in [0.2, 0.25) is 0 Å². The highest BCUT2D eigenvalue weighted by atomic mass is 19.1. The number of aromatic carboxylic acids is 1. The predicted octanol–water partition coefficient (Wildman–Crippen LogP) is 1.67. The number of hydrogen-bond acceptors (Lipinski definition) is 7. The standard InChI is InChI=1S/C24H23FN4O7/c1-36-19-6-5-17(30)10-16(19)11-24(25)13-27-20(31)12-29(22(24)34)23(35)28-18(7-8-26)14-3-2-4-15(9-14)21(32)33/h2-6,9-10,18,30H,7,11-13H2,1H3,(H,27,31)(H,28,35)(H,32,33). The van der Waals surface area contributed by atoms with Gasteiger partial charge >= 0.3 is 12.0 Å². The molecule has 2 aromatic carbocycles. The Balaban J connectivity index is 1.90. The van der Waals surface area contributed by atoms with E-state index in [4.69, 9.17) is 4.74 Å². The second-order valence-corrected chi connectivity index (χ2v) is 8.10. The molecule has 1 heterocycles. The van der Waals surface area contributed by atoms with Crippen molar-refractivity contribution in [2.75, 3.05) is 20.2 Å². The third-order valence-electron chi connectivity index (χ3n) is 5.60. The topological polar surface area (TPSA) is 169 Å². The van der Waals surface area contributed by atoms with E-state index in [2.05, 4.69) is 10.6 Å². The van der Waals surface area contributed by atoms with Gasteiger partial charge in [-0.2, -0.15) is 5.26 Å². The molecule has 0 bridgehead atoms. The van der Waals surface area contributed by atoms with E-state index in [1.54, 1.807) is 0 Å². The summed E-state index contributed by atoms with van der Waals surface area (Å²) in [6.45, 7) is -1.50. The van der Waals surface area contributed by atoms with Crippen molar-refractivity contribution in [2.24, 2.45) is 0 Å². The molecule has 1 aliphatic heterocycles. The van der Waals surface area contributed by atoms with Crippen LogP contribution in [-0.4, -0.2) is 64.8 Å². The monoisotopic (exact) mass is 498 g/mol. The lowest BCUT2D eigenvalue weighted by atomic mass is 9.94. The first-order valence-electron chi connectivity index (χ1n) is 10.7. The fourth-order valence-corrected chi connectivity index (χ4v) is 3.79. The van der Waals surface area contributed by atoms with Gasteiger partial charge < -0.3 is 25.6 Å². The van der Waals surface area contributed by atoms with E-state index in [-0.39, 0.29) is 34.6 Å². The Morgan fingerprint density at radius 1 is 1.31 bits per heavy atom. The third kappa shape index (κ3) is 5.69. The quantitative estimate of drug-likeness (QED) is 0.447. The molecule has 0 spiro atoms. The van der Waals surface area contributed by atoms with Crippen LogP contribution < -0.4 is 15.4 Å². The van der Waals surface area contributed by atoms with Gasteiger partial charge in [-0.3, -0.25) is 14.5 Å². The summed E-state index contributed by atoms with van der Waals surface area (Å²) < 4.78 is 21.2. The molecule has 2 atom stereocenters. The number of imide groups is 1. The number of halogens is 1. The number of carboxylic acid groups (broad SMARTS) is 1. The van der Waals surface area contributed by atoms with Crippen molar-refractivity contribution in [1.29, 1.82) is 5.26 Å². The molecule has 2 unspecified atom stereocenters. The number of methoxy groups -OCH3 is 1. The Kier molecular flexibility index (Phi) is 7.73. The van der Waals surface area contributed by atoms with Crippen molar-refractivity contribution >= 4 is 23.8 Å². The van der Waals surface area contributed by atoms with Crippen LogP contribution in [-0.2, 0) is 16.0 Å². The lowest BCUT2D eigenvalue weighted by Crippen LogP contribution is -2.54. The van der Waals surface area contributed by atoms with Gasteiger partial charge in [-0.05, 0) is 35.9 Å². The Hall–Kier alpha value is -4.66. The van der Waals surface area contributed by atoms with Crippen LogP contribution in [0.5, 0.6) is 11.5 Å². The molecule has 4 amide bonds. The average molecular weight is 498 g/mol. The summed E-state index contributed by atoms with van der Waals surface area (Å²) in [4.78, 5) is 50.2. The lowest BCUT2D eigenvalue weighted by molar-refractivity contribution is -0.140. The Bertz CT molecular complexity index is 1250. The van der Waals surface area contributed by atoms with Gasteiger partial charge in [-0.15, -0.1) is 0 Å². The van der Waals surface area contributed by atoms with E-state index in [9.17, 15) is 34.7 Å². The smallest absolute Gasteiger partial charge is 0.335 e. The molecule has 0 aliphatic carbocycles. The average Bonchev–Trinajstić information content (AvgIpc) is 2.95. The number of phenolic OH excluding ortho intramolecular Hbond substituents is 1. The number of benzene rings is 2. The number of nitriles is 1. The molecule has 1 fully saturated rings. The Labute approximate surface area is 205 Å². The van der Waals surface area contributed by atoms with E-state index >= 15 is 4.39 Å². The zero-order chi connectivity index (χ0) is 26.5. The summed E-state index contributed by atoms with van der Waals surface area (Å²) in [5, 5.41) is 32.9. The highest BCUT2D eigenvalue weighted by molar-refractivity contribution is 6.03. The first kappa shape index (κ1) is 26.0. The number of carbonyl (C=O) groups excluding carboxylic acids is 3. The van der Waals surface area contributed by atoms with Gasteiger partial charge in [0.05, 0.1) is 37.7 Å². The number of carboxylic acids is 1. The lowest BCUT2D eigenvalue weighted by Gasteiger charge is -2.28. The largest absolute Gasteiger partial charge is 0.508 e. The number of ether oxygens (including phenoxy) is 1. The maximum atomic E-state index is 16.1. The minimum atomic E-state index is -2.77. The third-order valence-corrected chi connectivity index (χ3v) is 5.60. The van der Waals surface area contributed by atoms with Crippen LogP contribution in [0.3, 0.4) is 0 Å². The maximum Gasteiger partial charge on any atom is 0.335 e. The van der Waals surface area contributed by atoms with Crippen LogP contribution >= 0.6 is 0 Å². The van der Waals surface area contributed by atoms with E-state index in [0.29, 0.717) is 4.90 Å². The van der Waals surface area contributed by atoms with Crippen molar-refractivity contribution in [3.05, 3.63) is 59.2 Å². The normalized spacial score (nSPS) is 18.4. The number of urea groups is 1. The van der Waals surface area contributed by atoms with Crippen molar-refractivity contribution in [2.45, 2.75) is 24.6 Å². The minimum absolute atomic E-state index is 0.0854. The van der Waals surface area contributed by atoms with Crippen LogP contribution in [0.25, 0.3) is 0 Å². The second-order valence-electron chi connectivity index (χ2n) is 8.10. The SMILES string of the molecule is COc1ccc(O)cc1CC1(F)CNC(=O)CN(C(=O)NC(CC#N)c2cccc(C(=O)O)c2)C1=O. The van der Waals surface area contributed by atoms with Gasteiger partial charge in [0.15, 0.2) is 0 Å². The molecule has 3 rings (SSSR count). The molecule has 11 nitrogen and oxygen atoms in total. The summed E-state index contributed by atoms with van der Waals surface area (Å²) in [6, 6.07) is 9.10. The van der Waals surface area contributed by atoms with Gasteiger partial charge in [-0.1, -0.05) is 12.1 Å². The van der Waals surface area contributed by atoms with Crippen LogP contribution in [0.4, 0.5) is 9.18 Å². The van der Waals surface area contributed by atoms with Gasteiger partial charge in [0.25, 0.3) is 5.91 Å². The minimum Gasteiger partial charge on any atom is -0.508 e. The van der Waals surface area contributed by atoms with Crippen molar-refractivity contribution in [3.63, 3.8) is 0 Å². The number of carbonyl (C=O) groups is 4. The van der Waals surface area contributed by atoms with Crippen molar-refractivity contribution in [1.82, 2.24) is 15.5 Å². The molecule has 188 valence electrons. The number of nitrogens with one attached hydrogen (secondary N) is 2. The van der Waals surface area contributed by atoms with Gasteiger partial charge in [0, 0.05) is 12.0 Å². The van der Waals surface area contributed by atoms with Crippen molar-refractivity contribution < 1.29 is 38.5 Å². The van der Waals surface area contributed by atoms with E-state index in [1.807, 2.05) is 6.07 Å². The summed E-state index contributed by atoms with van der Waals surface area (Å²) in [5.74, 6) is -3.32. The molecule has 36 heavy (non-hydrogen) atoms. The zero-order valence-electron chi connectivity index (χ0n) is 19.2. The molecular weight excluding hydrogens is 475 g/mol. The molecule has 12 heteroatoms. The Morgan fingerprint density at radius 3 is 2.72 bits per heavy atom. The molecule has 0 radical (unpaired) electrons. The number of nitrogens with zero attached hydrogens (tertiary/aromatic N) is 2. The second kappa shape index (κ2) is 10.7. The highest BCUT2D eigenvalue weighted by Crippen LogP contribution is 2.31. The van der Waals surface area contributed by atoms with E-state index in [0.717, 1.165) is 0 Å². The molecular formula is C24H23FN4O7. The summed E-state index contributed by atoms with van der Waals surface area (Å²) >= 11 is 0. The fraction of sp³-hybridized carbons (Fsp3) is 0.292. The van der Waals surface area contributed by atoms with Crippen LogP contribution in [0.15, 0.2) is 42.5 Å². The zero-order valence-corrected chi connectivity index (χ0v) is 19.2. The van der Waals surface area contributed by atoms with Crippen LogP contribution in [0, 0.1) is 11.3 Å². The number of amides is 4. The number of aromatic hydroxyl groups is 1. The molecule has 1 aliphatic rings. The van der Waals surface area contributed by atoms with E-state index < -0.39 is 55.0 Å². The summed E-state index contributed by atoms with van der Waals surface area (Å²) in [5.41, 5.74) is -2.44. The first-order chi connectivity index (χ1) is 17.1. The first-order valence-corrected chi connectivity index (χ1v) is 10.7. The molecule has 0 aromatic heterocycles. The maximum absolute atomic E-state index is 16.1. The van der Waals surface area contributed by atoms with Gasteiger partial charge in [-0.25, -0.2) is 14.0 Å². The predicted molar refractivity (Wildman–Crippen MR) is 122 cm³/mol. The van der Waals surface area contributed by atoms with Crippen molar-refractivity contribution in [3.8, 4) is 17.6 Å². The van der Waals surface area contributed by atoms with Crippen LogP contribution in [0.1, 0.15) is 33.9 Å². The number of hydrogen-bond donors (Lipinski definition) is 4. The Morgan fingerprint density at radius 2 is 2.06 bits per heavy atom. The summed E-state index contributed by atoms with van der Waals surface area (Å²) in [6.07, 6.45) is -0.903. The number of rotatable bonds is 7. The number of phenols is 1.